The first-order valence-electron chi connectivity index (χ1n) is 5.93. The number of hydrogen-bond acceptors (Lipinski definition) is 4. The molecule has 1 aromatic heterocycles. The van der Waals surface area contributed by atoms with Gasteiger partial charge in [-0.3, -0.25) is 9.69 Å². The number of carbonyl (C=O) groups is 1. The number of benzene rings is 1. The molecule has 1 amide bonds. The molecule has 4 rings (SSSR count). The first-order chi connectivity index (χ1) is 8.72. The summed E-state index contributed by atoms with van der Waals surface area (Å²) in [7, 11) is 0. The summed E-state index contributed by atoms with van der Waals surface area (Å²) >= 11 is 0. The molecule has 0 bridgehead atoms. The van der Waals surface area contributed by atoms with Crippen LogP contribution in [0.1, 0.15) is 19.8 Å². The Hall–Kier alpha value is -2.24. The molecule has 0 saturated carbocycles. The predicted molar refractivity (Wildman–Crippen MR) is 63.6 cm³/mol. The molecule has 6 nitrogen and oxygen atoms in total. The van der Waals surface area contributed by atoms with Gasteiger partial charge < -0.3 is 0 Å². The average Bonchev–Trinajstić information content (AvgIpc) is 2.96. The van der Waals surface area contributed by atoms with Gasteiger partial charge in [0, 0.05) is 18.4 Å². The summed E-state index contributed by atoms with van der Waals surface area (Å²) in [5, 5.41) is 11.9. The van der Waals surface area contributed by atoms with Gasteiger partial charge in [0.1, 0.15) is 5.66 Å². The summed E-state index contributed by atoms with van der Waals surface area (Å²) in [6.45, 7) is 2.01. The Bertz CT molecular complexity index is 664. The summed E-state index contributed by atoms with van der Waals surface area (Å²) in [6.07, 6.45) is 1.27. The molecule has 0 spiro atoms. The van der Waals surface area contributed by atoms with Crippen molar-refractivity contribution in [1.82, 2.24) is 20.2 Å². The van der Waals surface area contributed by atoms with E-state index in [0.29, 0.717) is 6.42 Å². The quantitative estimate of drug-likeness (QED) is 0.694. The van der Waals surface area contributed by atoms with E-state index in [-0.39, 0.29) is 5.91 Å². The third-order valence-electron chi connectivity index (χ3n) is 3.86. The van der Waals surface area contributed by atoms with Crippen molar-refractivity contribution in [1.29, 1.82) is 0 Å². The maximum atomic E-state index is 12.2. The van der Waals surface area contributed by atoms with E-state index in [0.717, 1.165) is 23.5 Å². The first kappa shape index (κ1) is 9.76. The standard InChI is InChI=1S/C12H11N5O/c1-12-7-6-10(18)16(12)9-5-3-2-4-8(9)11-13-14-15-17(11)12/h2-5H,6-7H2,1H3. The van der Waals surface area contributed by atoms with Crippen molar-refractivity contribution in [2.45, 2.75) is 25.4 Å². The normalized spacial score (nSPS) is 24.7. The first-order valence-corrected chi connectivity index (χ1v) is 5.93. The molecule has 1 aromatic carbocycles. The molecule has 2 aliphatic rings. The Morgan fingerprint density at radius 2 is 2.17 bits per heavy atom. The summed E-state index contributed by atoms with van der Waals surface area (Å²) in [6, 6.07) is 7.77. The molecule has 1 atom stereocenters. The molecule has 1 unspecified atom stereocenters. The van der Waals surface area contributed by atoms with Crippen molar-refractivity contribution in [3.63, 3.8) is 0 Å². The summed E-state index contributed by atoms with van der Waals surface area (Å²) in [5.41, 5.74) is 1.35. The monoisotopic (exact) mass is 241 g/mol. The van der Waals surface area contributed by atoms with Crippen molar-refractivity contribution in [3.05, 3.63) is 24.3 Å². The van der Waals surface area contributed by atoms with Gasteiger partial charge in [-0.1, -0.05) is 12.1 Å². The number of aromatic nitrogens is 4. The molecule has 90 valence electrons. The second-order valence-electron chi connectivity index (χ2n) is 4.88. The highest BCUT2D eigenvalue weighted by atomic mass is 16.2. The lowest BCUT2D eigenvalue weighted by atomic mass is 10.0. The zero-order chi connectivity index (χ0) is 12.3. The molecule has 2 aromatic rings. The SMILES string of the molecule is CC12CCC(=O)N1c1ccccc1-c1nnnn12. The number of carbonyl (C=O) groups excluding carboxylic acids is 1. The van der Waals surface area contributed by atoms with Gasteiger partial charge in [0.15, 0.2) is 5.82 Å². The third-order valence-corrected chi connectivity index (χ3v) is 3.86. The van der Waals surface area contributed by atoms with Crippen LogP contribution in [-0.2, 0) is 10.5 Å². The molecular weight excluding hydrogens is 230 g/mol. The van der Waals surface area contributed by atoms with Crippen molar-refractivity contribution < 1.29 is 4.79 Å². The number of amides is 1. The zero-order valence-electron chi connectivity index (χ0n) is 9.87. The number of tetrazole rings is 1. The lowest BCUT2D eigenvalue weighted by molar-refractivity contribution is -0.117. The van der Waals surface area contributed by atoms with Crippen LogP contribution in [0.4, 0.5) is 5.69 Å². The van der Waals surface area contributed by atoms with Crippen molar-refractivity contribution >= 4 is 11.6 Å². The lowest BCUT2D eigenvalue weighted by Gasteiger charge is -2.39. The Labute approximate surface area is 103 Å². The molecule has 0 N–H and O–H groups in total. The summed E-state index contributed by atoms with van der Waals surface area (Å²) < 4.78 is 1.76. The van der Waals surface area contributed by atoms with Gasteiger partial charge in [-0.05, 0) is 29.5 Å². The number of fused-ring (bicyclic) bond motifs is 6. The number of hydrogen-bond donors (Lipinski definition) is 0. The fourth-order valence-electron chi connectivity index (χ4n) is 2.97. The van der Waals surface area contributed by atoms with E-state index in [9.17, 15) is 4.79 Å². The van der Waals surface area contributed by atoms with Gasteiger partial charge in [-0.15, -0.1) is 5.10 Å². The number of nitrogens with zero attached hydrogens (tertiary/aromatic N) is 5. The maximum absolute atomic E-state index is 12.2. The molecule has 1 saturated heterocycles. The Morgan fingerprint density at radius 1 is 1.33 bits per heavy atom. The fourth-order valence-corrected chi connectivity index (χ4v) is 2.97. The topological polar surface area (TPSA) is 63.9 Å². The maximum Gasteiger partial charge on any atom is 0.229 e. The summed E-state index contributed by atoms with van der Waals surface area (Å²) in [4.78, 5) is 14.0. The summed E-state index contributed by atoms with van der Waals surface area (Å²) in [5.74, 6) is 0.866. The van der Waals surface area contributed by atoms with E-state index < -0.39 is 5.66 Å². The van der Waals surface area contributed by atoms with Crippen LogP contribution in [0, 0.1) is 0 Å². The highest BCUT2D eigenvalue weighted by molar-refractivity contribution is 6.01. The van der Waals surface area contributed by atoms with Crippen LogP contribution >= 0.6 is 0 Å². The van der Waals surface area contributed by atoms with Crippen LogP contribution in [0.15, 0.2) is 24.3 Å². The molecular formula is C12H11N5O. The Morgan fingerprint density at radius 3 is 3.06 bits per heavy atom. The van der Waals surface area contributed by atoms with Crippen LogP contribution in [0.2, 0.25) is 0 Å². The molecule has 0 aliphatic carbocycles. The second kappa shape index (κ2) is 2.95. The molecule has 0 radical (unpaired) electrons. The average molecular weight is 241 g/mol. The van der Waals surface area contributed by atoms with E-state index in [1.165, 1.54) is 0 Å². The number of anilines is 1. The molecule has 6 heteroatoms. The van der Waals surface area contributed by atoms with Crippen LogP contribution in [0.5, 0.6) is 0 Å². The second-order valence-corrected chi connectivity index (χ2v) is 4.88. The van der Waals surface area contributed by atoms with Gasteiger partial charge in [-0.25, -0.2) is 0 Å². The van der Waals surface area contributed by atoms with Crippen LogP contribution in [-0.4, -0.2) is 26.1 Å². The van der Waals surface area contributed by atoms with E-state index in [1.54, 1.807) is 4.68 Å². The number of rotatable bonds is 0. The van der Waals surface area contributed by atoms with Gasteiger partial charge in [0.2, 0.25) is 5.91 Å². The minimum Gasteiger partial charge on any atom is -0.286 e. The lowest BCUT2D eigenvalue weighted by Crippen LogP contribution is -2.49. The van der Waals surface area contributed by atoms with E-state index >= 15 is 0 Å². The van der Waals surface area contributed by atoms with Gasteiger partial charge in [0.05, 0.1) is 5.69 Å². The molecule has 1 fully saturated rings. The Balaban J connectivity index is 2.10. The largest absolute Gasteiger partial charge is 0.286 e. The highest BCUT2D eigenvalue weighted by Crippen LogP contribution is 2.47. The van der Waals surface area contributed by atoms with E-state index in [2.05, 4.69) is 15.5 Å². The van der Waals surface area contributed by atoms with Crippen molar-refractivity contribution in [2.75, 3.05) is 4.90 Å². The predicted octanol–water partition coefficient (Wildman–Crippen LogP) is 1.15. The van der Waals surface area contributed by atoms with Crippen LogP contribution in [0.25, 0.3) is 11.4 Å². The van der Waals surface area contributed by atoms with Gasteiger partial charge in [0.25, 0.3) is 0 Å². The van der Waals surface area contributed by atoms with Crippen molar-refractivity contribution in [3.8, 4) is 11.4 Å². The van der Waals surface area contributed by atoms with Crippen LogP contribution in [0.3, 0.4) is 0 Å². The van der Waals surface area contributed by atoms with Gasteiger partial charge in [-0.2, -0.15) is 4.68 Å². The van der Waals surface area contributed by atoms with Crippen LogP contribution < -0.4 is 4.90 Å². The number of para-hydroxylation sites is 1. The Kier molecular flexibility index (Phi) is 1.60. The molecule has 18 heavy (non-hydrogen) atoms. The van der Waals surface area contributed by atoms with Crippen molar-refractivity contribution in [2.24, 2.45) is 0 Å². The fraction of sp³-hybridized carbons (Fsp3) is 0.333. The van der Waals surface area contributed by atoms with E-state index in [1.807, 2.05) is 36.1 Å². The minimum absolute atomic E-state index is 0.131. The smallest absolute Gasteiger partial charge is 0.229 e. The van der Waals surface area contributed by atoms with E-state index in [4.69, 9.17) is 0 Å². The zero-order valence-corrected chi connectivity index (χ0v) is 9.87. The minimum atomic E-state index is -0.468. The molecule has 3 heterocycles. The third kappa shape index (κ3) is 0.942. The molecule has 2 aliphatic heterocycles. The van der Waals surface area contributed by atoms with Gasteiger partial charge >= 0.3 is 0 Å². The highest BCUT2D eigenvalue weighted by Gasteiger charge is 2.50.